The second-order valence-electron chi connectivity index (χ2n) is 6.70. The summed E-state index contributed by atoms with van der Waals surface area (Å²) < 4.78 is 0.236. The van der Waals surface area contributed by atoms with Crippen molar-refractivity contribution in [3.05, 3.63) is 12.2 Å². The molecule has 0 saturated carbocycles. The lowest BCUT2D eigenvalue weighted by molar-refractivity contribution is -0.138. The molecule has 0 aromatic carbocycles. The maximum absolute atomic E-state index is 10.8. The Bertz CT molecular complexity index is 437. The van der Waals surface area contributed by atoms with Gasteiger partial charge in [0.25, 0.3) is 0 Å². The highest BCUT2D eigenvalue weighted by Crippen LogP contribution is 2.59. The molecule has 0 aromatic heterocycles. The molecule has 1 fully saturated rings. The van der Waals surface area contributed by atoms with E-state index < -0.39 is 30.7 Å². The van der Waals surface area contributed by atoms with Crippen LogP contribution < -0.4 is 11.1 Å². The first-order valence-electron chi connectivity index (χ1n) is 7.25. The fourth-order valence-electron chi connectivity index (χ4n) is 3.06. The number of carbonyl (C=O) groups is 2. The number of rotatable bonds is 8. The maximum Gasteiger partial charge on any atom is 0.305 e. The number of aliphatic hydroxyl groups is 1. The summed E-state index contributed by atoms with van der Waals surface area (Å²) in [4.78, 5) is 21.4. The molecule has 126 valence electrons. The van der Waals surface area contributed by atoms with E-state index in [4.69, 9.17) is 10.8 Å². The van der Waals surface area contributed by atoms with Crippen LogP contribution in [-0.2, 0) is 9.59 Å². The van der Waals surface area contributed by atoms with Gasteiger partial charge >= 0.3 is 5.97 Å². The van der Waals surface area contributed by atoms with Crippen molar-refractivity contribution in [2.75, 3.05) is 0 Å². The van der Waals surface area contributed by atoms with E-state index in [1.807, 2.05) is 17.8 Å². The SMILES string of the molecule is CC1(C)SC(C)(C)C1C=CC(N)C(O)N[C@H](C=O)CC(=O)O. The van der Waals surface area contributed by atoms with Crippen LogP contribution in [0.4, 0.5) is 0 Å². The van der Waals surface area contributed by atoms with Crippen LogP contribution in [0, 0.1) is 5.92 Å². The zero-order valence-corrected chi connectivity index (χ0v) is 14.3. The molecule has 0 aromatic rings. The van der Waals surface area contributed by atoms with Gasteiger partial charge < -0.3 is 20.7 Å². The molecule has 1 rings (SSSR count). The number of thioether (sulfide) groups is 1. The minimum atomic E-state index is -1.18. The summed E-state index contributed by atoms with van der Waals surface area (Å²) in [7, 11) is 0. The molecular formula is C15H26N2O4S. The van der Waals surface area contributed by atoms with Gasteiger partial charge in [-0.3, -0.25) is 10.1 Å². The van der Waals surface area contributed by atoms with Crippen molar-refractivity contribution in [1.82, 2.24) is 5.32 Å². The Hall–Kier alpha value is -0.890. The van der Waals surface area contributed by atoms with E-state index in [1.54, 1.807) is 6.08 Å². The number of allylic oxidation sites excluding steroid dienone is 1. The molecular weight excluding hydrogens is 304 g/mol. The lowest BCUT2D eigenvalue weighted by Gasteiger charge is -2.56. The van der Waals surface area contributed by atoms with Crippen molar-refractivity contribution in [2.24, 2.45) is 11.7 Å². The van der Waals surface area contributed by atoms with Gasteiger partial charge in [-0.15, -0.1) is 11.8 Å². The van der Waals surface area contributed by atoms with Crippen molar-refractivity contribution in [1.29, 1.82) is 0 Å². The zero-order valence-electron chi connectivity index (χ0n) is 13.4. The van der Waals surface area contributed by atoms with Crippen LogP contribution >= 0.6 is 11.8 Å². The second kappa shape index (κ2) is 7.12. The molecule has 0 spiro atoms. The van der Waals surface area contributed by atoms with Gasteiger partial charge in [-0.25, -0.2) is 0 Å². The van der Waals surface area contributed by atoms with E-state index in [-0.39, 0.29) is 9.49 Å². The summed E-state index contributed by atoms with van der Waals surface area (Å²) in [5, 5.41) is 21.1. The van der Waals surface area contributed by atoms with E-state index >= 15 is 0 Å². The normalized spacial score (nSPS) is 24.5. The van der Waals surface area contributed by atoms with E-state index in [0.29, 0.717) is 12.2 Å². The molecule has 3 atom stereocenters. The number of carboxylic acids is 1. The van der Waals surface area contributed by atoms with Crippen LogP contribution in [0.2, 0.25) is 0 Å². The van der Waals surface area contributed by atoms with Crippen LogP contribution in [-0.4, -0.2) is 50.3 Å². The predicted molar refractivity (Wildman–Crippen MR) is 87.6 cm³/mol. The first kappa shape index (κ1) is 19.2. The highest BCUT2D eigenvalue weighted by Gasteiger charge is 2.52. The molecule has 0 amide bonds. The third kappa shape index (κ3) is 4.81. The number of nitrogens with one attached hydrogen (secondary N) is 1. The molecule has 1 aliphatic rings. The van der Waals surface area contributed by atoms with Gasteiger partial charge in [-0.05, 0) is 0 Å². The first-order valence-corrected chi connectivity index (χ1v) is 8.06. The number of aliphatic hydroxyl groups excluding tert-OH is 1. The molecule has 22 heavy (non-hydrogen) atoms. The number of aldehydes is 1. The van der Waals surface area contributed by atoms with Crippen LogP contribution in [0.5, 0.6) is 0 Å². The largest absolute Gasteiger partial charge is 0.481 e. The van der Waals surface area contributed by atoms with Gasteiger partial charge in [0.2, 0.25) is 0 Å². The quantitative estimate of drug-likeness (QED) is 0.295. The van der Waals surface area contributed by atoms with Crippen LogP contribution in [0.15, 0.2) is 12.2 Å². The van der Waals surface area contributed by atoms with Gasteiger partial charge in [0.15, 0.2) is 0 Å². The zero-order chi connectivity index (χ0) is 17.1. The molecule has 1 heterocycles. The van der Waals surface area contributed by atoms with Crippen molar-refractivity contribution in [2.45, 2.75) is 61.9 Å². The maximum atomic E-state index is 10.8. The third-order valence-corrected chi connectivity index (χ3v) is 5.42. The molecule has 6 nitrogen and oxygen atoms in total. The summed E-state index contributed by atoms with van der Waals surface area (Å²) in [5.41, 5.74) is 5.89. The molecule has 1 aliphatic heterocycles. The summed E-state index contributed by atoms with van der Waals surface area (Å²) in [5.74, 6) is -0.792. The molecule has 5 N–H and O–H groups in total. The van der Waals surface area contributed by atoms with Crippen molar-refractivity contribution >= 4 is 24.0 Å². The van der Waals surface area contributed by atoms with E-state index in [2.05, 4.69) is 33.0 Å². The summed E-state index contributed by atoms with van der Waals surface area (Å²) in [6.45, 7) is 8.64. The monoisotopic (exact) mass is 330 g/mol. The average Bonchev–Trinajstić information content (AvgIpc) is 2.34. The van der Waals surface area contributed by atoms with E-state index in [9.17, 15) is 14.7 Å². The second-order valence-corrected chi connectivity index (χ2v) is 9.01. The fourth-order valence-corrected chi connectivity index (χ4v) is 5.23. The Morgan fingerprint density at radius 1 is 1.36 bits per heavy atom. The lowest BCUT2D eigenvalue weighted by atomic mass is 9.81. The van der Waals surface area contributed by atoms with Crippen molar-refractivity contribution < 1.29 is 19.8 Å². The Morgan fingerprint density at radius 3 is 2.32 bits per heavy atom. The molecule has 0 radical (unpaired) electrons. The minimum Gasteiger partial charge on any atom is -0.481 e. The predicted octanol–water partition coefficient (Wildman–Crippen LogP) is 0.740. The average molecular weight is 330 g/mol. The number of carbonyl (C=O) groups excluding carboxylic acids is 1. The van der Waals surface area contributed by atoms with Crippen LogP contribution in [0.1, 0.15) is 34.1 Å². The molecule has 2 unspecified atom stereocenters. The number of hydrogen-bond donors (Lipinski definition) is 4. The summed E-state index contributed by atoms with van der Waals surface area (Å²) >= 11 is 1.90. The number of aliphatic carboxylic acids is 1. The Kier molecular flexibility index (Phi) is 6.20. The molecule has 0 bridgehead atoms. The Labute approximate surface area is 135 Å². The molecule has 0 aliphatic carbocycles. The molecule has 1 saturated heterocycles. The first-order chi connectivity index (χ1) is 9.99. The summed E-state index contributed by atoms with van der Waals surface area (Å²) in [6.07, 6.45) is 2.61. The van der Waals surface area contributed by atoms with Crippen LogP contribution in [0.25, 0.3) is 0 Å². The topological polar surface area (TPSA) is 113 Å². The van der Waals surface area contributed by atoms with Crippen molar-refractivity contribution in [3.63, 3.8) is 0 Å². The number of hydrogen-bond acceptors (Lipinski definition) is 6. The smallest absolute Gasteiger partial charge is 0.305 e. The highest BCUT2D eigenvalue weighted by atomic mass is 32.2. The summed E-state index contributed by atoms with van der Waals surface area (Å²) in [6, 6.07) is -1.67. The van der Waals surface area contributed by atoms with Gasteiger partial charge in [-0.1, -0.05) is 39.8 Å². The standard InChI is InChI=1S/C15H26N2O4S/c1-14(2)11(15(3,4)22-14)6-5-10(16)13(21)17-9(8-18)7-12(19)20/h5-6,8-11,13,17,21H,7,16H2,1-4H3,(H,19,20)/t9-,10?,13?/m0/s1. The third-order valence-electron chi connectivity index (χ3n) is 3.86. The number of nitrogens with two attached hydrogens (primary N) is 1. The molecule has 7 heteroatoms. The fraction of sp³-hybridized carbons (Fsp3) is 0.733. The lowest BCUT2D eigenvalue weighted by Crippen LogP contribution is -2.53. The van der Waals surface area contributed by atoms with Gasteiger partial charge in [0, 0.05) is 15.4 Å². The van der Waals surface area contributed by atoms with E-state index in [1.165, 1.54) is 0 Å². The van der Waals surface area contributed by atoms with Gasteiger partial charge in [0.1, 0.15) is 12.5 Å². The van der Waals surface area contributed by atoms with Gasteiger partial charge in [-0.2, -0.15) is 0 Å². The van der Waals surface area contributed by atoms with Crippen molar-refractivity contribution in [3.8, 4) is 0 Å². The van der Waals surface area contributed by atoms with Crippen LogP contribution in [0.3, 0.4) is 0 Å². The Morgan fingerprint density at radius 2 is 1.91 bits per heavy atom. The highest BCUT2D eigenvalue weighted by molar-refractivity contribution is 8.03. The Balaban J connectivity index is 2.60. The minimum absolute atomic E-state index is 0.118. The van der Waals surface area contributed by atoms with Gasteiger partial charge in [0.05, 0.1) is 18.5 Å². The number of carboxylic acid groups (broad SMARTS) is 1. The van der Waals surface area contributed by atoms with E-state index in [0.717, 1.165) is 0 Å².